The molecule has 0 bridgehead atoms. The van der Waals surface area contributed by atoms with E-state index >= 15 is 0 Å². The third-order valence-electron chi connectivity index (χ3n) is 2.43. The Kier molecular flexibility index (Phi) is 4.80. The van der Waals surface area contributed by atoms with Crippen molar-refractivity contribution in [3.8, 4) is 0 Å². The minimum Gasteiger partial charge on any atom is -0.328 e. The molecule has 0 fully saturated rings. The van der Waals surface area contributed by atoms with Crippen LogP contribution in [0.25, 0.3) is 0 Å². The number of rotatable bonds is 4. The topological polar surface area (TPSA) is 38.9 Å². The van der Waals surface area contributed by atoms with Gasteiger partial charge in [-0.2, -0.15) is 0 Å². The van der Waals surface area contributed by atoms with Crippen molar-refractivity contribution >= 4 is 27.7 Å². The highest BCUT2D eigenvalue weighted by molar-refractivity contribution is 9.10. The van der Waals surface area contributed by atoms with Crippen LogP contribution in [-0.4, -0.2) is 11.0 Å². The van der Waals surface area contributed by atoms with Gasteiger partial charge in [0, 0.05) is 32.7 Å². The van der Waals surface area contributed by atoms with Gasteiger partial charge in [-0.1, -0.05) is 17.8 Å². The second kappa shape index (κ2) is 6.36. The van der Waals surface area contributed by atoms with E-state index in [1.165, 1.54) is 15.4 Å². The zero-order chi connectivity index (χ0) is 13.0. The van der Waals surface area contributed by atoms with Crippen LogP contribution in [0.3, 0.4) is 0 Å². The van der Waals surface area contributed by atoms with Crippen molar-refractivity contribution in [1.82, 2.24) is 4.98 Å². The molecule has 0 aliphatic carbocycles. The molecule has 1 aromatic heterocycles. The maximum Gasteiger partial charge on any atom is 0.0317 e. The van der Waals surface area contributed by atoms with Crippen LogP contribution in [0, 0.1) is 0 Å². The summed E-state index contributed by atoms with van der Waals surface area (Å²) in [6.45, 7) is 2.02. The van der Waals surface area contributed by atoms with E-state index in [9.17, 15) is 0 Å². The molecule has 0 amide bonds. The Balaban J connectivity index is 2.15. The summed E-state index contributed by atoms with van der Waals surface area (Å²) in [6, 6.07) is 10.6. The number of benzene rings is 1. The molecule has 0 saturated heterocycles. The number of pyridine rings is 1. The first-order chi connectivity index (χ1) is 8.65. The molecule has 0 radical (unpaired) electrons. The van der Waals surface area contributed by atoms with E-state index in [0.29, 0.717) is 0 Å². The monoisotopic (exact) mass is 322 g/mol. The largest absolute Gasteiger partial charge is 0.328 e. The molecular weight excluding hydrogens is 308 g/mol. The maximum atomic E-state index is 5.81. The molecule has 2 nitrogen and oxygen atoms in total. The fourth-order valence-corrected chi connectivity index (χ4v) is 3.13. The highest BCUT2D eigenvalue weighted by Gasteiger charge is 2.05. The molecule has 1 unspecified atom stereocenters. The van der Waals surface area contributed by atoms with Crippen LogP contribution >= 0.6 is 27.7 Å². The molecule has 4 heteroatoms. The molecule has 0 spiro atoms. The summed E-state index contributed by atoms with van der Waals surface area (Å²) in [4.78, 5) is 6.41. The van der Waals surface area contributed by atoms with Crippen LogP contribution < -0.4 is 5.73 Å². The van der Waals surface area contributed by atoms with Crippen molar-refractivity contribution in [3.05, 3.63) is 52.8 Å². The Morgan fingerprint density at radius 2 is 2.00 bits per heavy atom. The van der Waals surface area contributed by atoms with Crippen LogP contribution in [0.15, 0.2) is 57.0 Å². The van der Waals surface area contributed by atoms with Gasteiger partial charge in [0.15, 0.2) is 0 Å². The first-order valence-corrected chi connectivity index (χ1v) is 7.38. The molecule has 94 valence electrons. The summed E-state index contributed by atoms with van der Waals surface area (Å²) < 4.78 is 1.11. The van der Waals surface area contributed by atoms with E-state index in [2.05, 4.69) is 39.1 Å². The van der Waals surface area contributed by atoms with Crippen LogP contribution in [-0.2, 0) is 6.42 Å². The Morgan fingerprint density at radius 1 is 1.28 bits per heavy atom. The first-order valence-electron chi connectivity index (χ1n) is 5.77. The van der Waals surface area contributed by atoms with Gasteiger partial charge >= 0.3 is 0 Å². The second-order valence-electron chi connectivity index (χ2n) is 4.23. The average molecular weight is 323 g/mol. The summed E-state index contributed by atoms with van der Waals surface area (Å²) in [7, 11) is 0. The third-order valence-corrected chi connectivity index (χ3v) is 4.43. The molecule has 1 atom stereocenters. The molecular formula is C14H15BrN2S. The van der Waals surface area contributed by atoms with Crippen molar-refractivity contribution < 1.29 is 0 Å². The van der Waals surface area contributed by atoms with E-state index in [1.54, 1.807) is 24.2 Å². The van der Waals surface area contributed by atoms with E-state index < -0.39 is 0 Å². The SMILES string of the molecule is CC(N)Cc1ccc(Sc2ccncc2)c(Br)c1. The minimum atomic E-state index is 0.190. The predicted octanol–water partition coefficient (Wildman–Crippen LogP) is 3.89. The van der Waals surface area contributed by atoms with E-state index in [0.717, 1.165) is 10.9 Å². The normalized spacial score (nSPS) is 12.4. The summed E-state index contributed by atoms with van der Waals surface area (Å²) in [5.41, 5.74) is 7.07. The maximum absolute atomic E-state index is 5.81. The van der Waals surface area contributed by atoms with Crippen LogP contribution in [0.2, 0.25) is 0 Å². The van der Waals surface area contributed by atoms with Crippen molar-refractivity contribution in [2.24, 2.45) is 5.73 Å². The second-order valence-corrected chi connectivity index (χ2v) is 6.20. The minimum absolute atomic E-state index is 0.190. The first kappa shape index (κ1) is 13.6. The predicted molar refractivity (Wildman–Crippen MR) is 79.9 cm³/mol. The van der Waals surface area contributed by atoms with Gasteiger partial charge < -0.3 is 5.73 Å². The summed E-state index contributed by atoms with van der Waals surface area (Å²) >= 11 is 5.34. The standard InChI is InChI=1S/C14H15BrN2S/c1-10(16)8-11-2-3-14(13(15)9-11)18-12-4-6-17-7-5-12/h2-7,9-10H,8,16H2,1H3. The van der Waals surface area contributed by atoms with E-state index in [-0.39, 0.29) is 6.04 Å². The molecule has 0 aliphatic rings. The zero-order valence-electron chi connectivity index (χ0n) is 10.1. The lowest BCUT2D eigenvalue weighted by atomic mass is 10.1. The van der Waals surface area contributed by atoms with Gasteiger partial charge in [-0.05, 0) is 59.1 Å². The molecule has 1 aromatic carbocycles. The third kappa shape index (κ3) is 3.83. The van der Waals surface area contributed by atoms with Gasteiger partial charge in [0.05, 0.1) is 0 Å². The van der Waals surface area contributed by atoms with E-state index in [1.807, 2.05) is 19.1 Å². The number of nitrogens with two attached hydrogens (primary N) is 1. The number of aromatic nitrogens is 1. The average Bonchev–Trinajstić information content (AvgIpc) is 2.33. The smallest absolute Gasteiger partial charge is 0.0317 e. The molecule has 0 aliphatic heterocycles. The van der Waals surface area contributed by atoms with Gasteiger partial charge in [-0.15, -0.1) is 0 Å². The highest BCUT2D eigenvalue weighted by Crippen LogP contribution is 2.33. The van der Waals surface area contributed by atoms with E-state index in [4.69, 9.17) is 5.73 Å². The Labute approximate surface area is 120 Å². The van der Waals surface area contributed by atoms with Crippen LogP contribution in [0.4, 0.5) is 0 Å². The van der Waals surface area contributed by atoms with Crippen molar-refractivity contribution in [1.29, 1.82) is 0 Å². The molecule has 2 rings (SSSR count). The van der Waals surface area contributed by atoms with Gasteiger partial charge in [-0.3, -0.25) is 4.98 Å². The number of halogens is 1. The molecule has 2 aromatic rings. The molecule has 2 N–H and O–H groups in total. The van der Waals surface area contributed by atoms with Gasteiger partial charge in [0.2, 0.25) is 0 Å². The lowest BCUT2D eigenvalue weighted by molar-refractivity contribution is 0.737. The van der Waals surface area contributed by atoms with Crippen molar-refractivity contribution in [3.63, 3.8) is 0 Å². The lowest BCUT2D eigenvalue weighted by Crippen LogP contribution is -2.17. The highest BCUT2D eigenvalue weighted by atomic mass is 79.9. The summed E-state index contributed by atoms with van der Waals surface area (Å²) in [5.74, 6) is 0. The fourth-order valence-electron chi connectivity index (χ4n) is 1.66. The number of hydrogen-bond acceptors (Lipinski definition) is 3. The molecule has 18 heavy (non-hydrogen) atoms. The van der Waals surface area contributed by atoms with Gasteiger partial charge in [0.25, 0.3) is 0 Å². The lowest BCUT2D eigenvalue weighted by Gasteiger charge is -2.09. The van der Waals surface area contributed by atoms with Crippen LogP contribution in [0.5, 0.6) is 0 Å². The zero-order valence-corrected chi connectivity index (χ0v) is 12.5. The van der Waals surface area contributed by atoms with Gasteiger partial charge in [-0.25, -0.2) is 0 Å². The molecule has 1 heterocycles. The molecule has 0 saturated carbocycles. The quantitative estimate of drug-likeness (QED) is 0.928. The number of nitrogens with zero attached hydrogens (tertiary/aromatic N) is 1. The Bertz CT molecular complexity index is 514. The summed E-state index contributed by atoms with van der Waals surface area (Å²) in [5, 5.41) is 0. The Morgan fingerprint density at radius 3 is 2.61 bits per heavy atom. The summed E-state index contributed by atoms with van der Waals surface area (Å²) in [6.07, 6.45) is 4.51. The van der Waals surface area contributed by atoms with Crippen molar-refractivity contribution in [2.45, 2.75) is 29.2 Å². The van der Waals surface area contributed by atoms with Gasteiger partial charge in [0.1, 0.15) is 0 Å². The van der Waals surface area contributed by atoms with Crippen LogP contribution in [0.1, 0.15) is 12.5 Å². The number of hydrogen-bond donors (Lipinski definition) is 1. The fraction of sp³-hybridized carbons (Fsp3) is 0.214. The van der Waals surface area contributed by atoms with Crippen molar-refractivity contribution in [2.75, 3.05) is 0 Å². The Hall–Kier alpha value is -0.840.